The molecule has 0 saturated carbocycles. The molecule has 1 heterocycles. The van der Waals surface area contributed by atoms with Crippen molar-refractivity contribution in [3.63, 3.8) is 0 Å². The highest BCUT2D eigenvalue weighted by molar-refractivity contribution is 5.81. The van der Waals surface area contributed by atoms with Gasteiger partial charge in [0.25, 0.3) is 6.29 Å². The molecule has 0 bridgehead atoms. The maximum atomic E-state index is 13.7. The number of likely N-dealkylation sites (tertiary alicyclic amines) is 1. The minimum absolute atomic E-state index is 0.0301. The fraction of sp³-hybridized carbons (Fsp3) is 0.526. The Bertz CT molecular complexity index is 771. The van der Waals surface area contributed by atoms with E-state index in [0.717, 1.165) is 30.0 Å². The molecule has 1 aromatic rings. The second kappa shape index (κ2) is 9.53. The van der Waals surface area contributed by atoms with Crippen molar-refractivity contribution in [2.75, 3.05) is 13.2 Å². The molecule has 2 rings (SSSR count). The van der Waals surface area contributed by atoms with Crippen LogP contribution in [0.5, 0.6) is 5.75 Å². The lowest BCUT2D eigenvalue weighted by Gasteiger charge is -2.26. The van der Waals surface area contributed by atoms with Gasteiger partial charge >= 0.3 is 18.0 Å². The number of hydrogen-bond donors (Lipinski definition) is 1. The molecule has 0 aromatic heterocycles. The van der Waals surface area contributed by atoms with Crippen LogP contribution in [0.4, 0.5) is 13.6 Å². The van der Waals surface area contributed by atoms with Crippen LogP contribution < -0.4 is 4.74 Å². The van der Waals surface area contributed by atoms with E-state index >= 15 is 0 Å². The second-order valence-corrected chi connectivity index (χ2v) is 7.10. The van der Waals surface area contributed by atoms with Crippen molar-refractivity contribution < 1.29 is 42.5 Å². The van der Waals surface area contributed by atoms with Gasteiger partial charge in [0.1, 0.15) is 11.9 Å². The number of carboxylic acids is 1. The molecule has 1 N–H and O–H groups in total. The number of halogens is 2. The monoisotopic (exact) mass is 415 g/mol. The van der Waals surface area contributed by atoms with Crippen LogP contribution in [0.2, 0.25) is 0 Å². The molecule has 3 atom stereocenters. The molecule has 1 amide bonds. The Morgan fingerprint density at radius 2 is 1.93 bits per heavy atom. The number of carbonyl (C=O) groups excluding carboxylic acids is 2. The first-order valence-corrected chi connectivity index (χ1v) is 9.03. The van der Waals surface area contributed by atoms with Crippen LogP contribution in [0.25, 0.3) is 0 Å². The quantitative estimate of drug-likeness (QED) is 0.540. The Labute approximate surface area is 166 Å². The van der Waals surface area contributed by atoms with Gasteiger partial charge in [0.2, 0.25) is 0 Å². The standard InChI is InChI=1S/C19H23F2NO7/c1-10(2)18(28-11(3)23)29-19(26)22-8-12(6-15(22)17(24)25)9-27-16-7-13(20)4-5-14(16)21/h4-5,7,10,12,15,18H,6,8-9H2,1-3H3,(H,24,25)/t12-,15-,18+/m0/s1. The molecular weight excluding hydrogens is 392 g/mol. The fourth-order valence-corrected chi connectivity index (χ4v) is 2.90. The summed E-state index contributed by atoms with van der Waals surface area (Å²) in [6.45, 7) is 4.36. The summed E-state index contributed by atoms with van der Waals surface area (Å²) in [5, 5.41) is 9.42. The number of esters is 1. The zero-order valence-electron chi connectivity index (χ0n) is 16.3. The van der Waals surface area contributed by atoms with Gasteiger partial charge in [-0.1, -0.05) is 13.8 Å². The summed E-state index contributed by atoms with van der Waals surface area (Å²) in [6.07, 6.45) is -2.07. The zero-order valence-corrected chi connectivity index (χ0v) is 16.3. The molecule has 160 valence electrons. The number of carbonyl (C=O) groups is 3. The molecule has 1 aliphatic heterocycles. The molecule has 1 aliphatic rings. The van der Waals surface area contributed by atoms with Gasteiger partial charge in [-0.2, -0.15) is 0 Å². The normalized spacial score (nSPS) is 19.7. The fourth-order valence-electron chi connectivity index (χ4n) is 2.90. The third-order valence-electron chi connectivity index (χ3n) is 4.32. The van der Waals surface area contributed by atoms with E-state index in [1.807, 2.05) is 0 Å². The first-order chi connectivity index (χ1) is 13.6. The molecule has 0 radical (unpaired) electrons. The summed E-state index contributed by atoms with van der Waals surface area (Å²) < 4.78 is 42.3. The molecule has 0 aliphatic carbocycles. The number of nitrogens with zero attached hydrogens (tertiary/aromatic N) is 1. The van der Waals surface area contributed by atoms with E-state index in [9.17, 15) is 28.3 Å². The topological polar surface area (TPSA) is 102 Å². The van der Waals surface area contributed by atoms with E-state index in [2.05, 4.69) is 0 Å². The van der Waals surface area contributed by atoms with E-state index in [1.54, 1.807) is 13.8 Å². The van der Waals surface area contributed by atoms with Crippen LogP contribution >= 0.6 is 0 Å². The maximum Gasteiger partial charge on any atom is 0.413 e. The lowest BCUT2D eigenvalue weighted by molar-refractivity contribution is -0.174. The number of amides is 1. The molecule has 1 fully saturated rings. The summed E-state index contributed by atoms with van der Waals surface area (Å²) in [4.78, 5) is 36.2. The van der Waals surface area contributed by atoms with Crippen molar-refractivity contribution in [3.8, 4) is 5.75 Å². The summed E-state index contributed by atoms with van der Waals surface area (Å²) in [5.74, 6) is -4.40. The molecule has 0 spiro atoms. The first-order valence-electron chi connectivity index (χ1n) is 9.03. The van der Waals surface area contributed by atoms with Gasteiger partial charge in [-0.3, -0.25) is 9.69 Å². The van der Waals surface area contributed by atoms with E-state index in [4.69, 9.17) is 14.2 Å². The number of benzene rings is 1. The number of carboxylic acid groups (broad SMARTS) is 1. The number of hydrogen-bond acceptors (Lipinski definition) is 6. The molecular formula is C19H23F2NO7. The zero-order chi connectivity index (χ0) is 21.7. The summed E-state index contributed by atoms with van der Waals surface area (Å²) in [6, 6.07) is 1.57. The Morgan fingerprint density at radius 3 is 2.52 bits per heavy atom. The lowest BCUT2D eigenvalue weighted by Crippen LogP contribution is -2.43. The third-order valence-corrected chi connectivity index (χ3v) is 4.32. The van der Waals surface area contributed by atoms with Crippen LogP contribution in [0.1, 0.15) is 27.2 Å². The first kappa shape index (κ1) is 22.4. The maximum absolute atomic E-state index is 13.7. The predicted octanol–water partition coefficient (Wildman–Crippen LogP) is 2.80. The van der Waals surface area contributed by atoms with E-state index in [-0.39, 0.29) is 31.2 Å². The Balaban J connectivity index is 2.04. The number of aliphatic carboxylic acids is 1. The molecule has 29 heavy (non-hydrogen) atoms. The van der Waals surface area contributed by atoms with Crippen molar-refractivity contribution in [2.45, 2.75) is 39.5 Å². The highest BCUT2D eigenvalue weighted by Gasteiger charge is 2.42. The smallest absolute Gasteiger partial charge is 0.413 e. The van der Waals surface area contributed by atoms with Crippen molar-refractivity contribution in [3.05, 3.63) is 29.8 Å². The predicted molar refractivity (Wildman–Crippen MR) is 95.0 cm³/mol. The Hall–Kier alpha value is -2.91. The minimum atomic E-state index is -1.24. The van der Waals surface area contributed by atoms with Crippen molar-refractivity contribution >= 4 is 18.0 Å². The van der Waals surface area contributed by atoms with Gasteiger partial charge in [-0.25, -0.2) is 18.4 Å². The number of ether oxygens (including phenoxy) is 3. The van der Waals surface area contributed by atoms with Gasteiger partial charge in [0.15, 0.2) is 11.6 Å². The lowest BCUT2D eigenvalue weighted by atomic mass is 10.1. The van der Waals surface area contributed by atoms with Gasteiger partial charge in [-0.15, -0.1) is 0 Å². The highest BCUT2D eigenvalue weighted by atomic mass is 19.1. The van der Waals surface area contributed by atoms with Crippen molar-refractivity contribution in [1.82, 2.24) is 4.90 Å². The summed E-state index contributed by atoms with van der Waals surface area (Å²) in [7, 11) is 0. The molecule has 1 aromatic carbocycles. The van der Waals surface area contributed by atoms with Crippen molar-refractivity contribution in [1.29, 1.82) is 0 Å². The summed E-state index contributed by atoms with van der Waals surface area (Å²) in [5.41, 5.74) is 0. The van der Waals surface area contributed by atoms with Crippen LogP contribution in [0.3, 0.4) is 0 Å². The number of rotatable bonds is 7. The minimum Gasteiger partial charge on any atom is -0.490 e. The van der Waals surface area contributed by atoms with Crippen LogP contribution in [-0.2, 0) is 19.1 Å². The average Bonchev–Trinajstić information content (AvgIpc) is 3.06. The largest absolute Gasteiger partial charge is 0.490 e. The van der Waals surface area contributed by atoms with Gasteiger partial charge < -0.3 is 19.3 Å². The van der Waals surface area contributed by atoms with Crippen molar-refractivity contribution in [2.24, 2.45) is 11.8 Å². The van der Waals surface area contributed by atoms with Gasteiger partial charge in [-0.05, 0) is 18.6 Å². The van der Waals surface area contributed by atoms with Crippen LogP contribution in [0, 0.1) is 23.5 Å². The molecule has 0 unspecified atom stereocenters. The van der Waals surface area contributed by atoms with E-state index < -0.39 is 47.9 Å². The average molecular weight is 415 g/mol. The Kier molecular flexibility index (Phi) is 7.35. The van der Waals surface area contributed by atoms with Gasteiger partial charge in [0.05, 0.1) is 6.61 Å². The van der Waals surface area contributed by atoms with Gasteiger partial charge in [0, 0.05) is 31.4 Å². The molecule has 8 nitrogen and oxygen atoms in total. The van der Waals surface area contributed by atoms with E-state index in [0.29, 0.717) is 0 Å². The molecule has 10 heteroatoms. The second-order valence-electron chi connectivity index (χ2n) is 7.10. The van der Waals surface area contributed by atoms with E-state index in [1.165, 1.54) is 0 Å². The SMILES string of the molecule is CC(=O)O[C@H](OC(=O)N1C[C@@H](COc2cc(F)ccc2F)C[C@H]1C(=O)O)C(C)C. The molecule has 1 saturated heterocycles. The highest BCUT2D eigenvalue weighted by Crippen LogP contribution is 2.27. The van der Waals surface area contributed by atoms with Crippen LogP contribution in [-0.4, -0.2) is 53.5 Å². The Morgan fingerprint density at radius 1 is 1.24 bits per heavy atom. The summed E-state index contributed by atoms with van der Waals surface area (Å²) >= 11 is 0. The third kappa shape index (κ3) is 6.03. The van der Waals surface area contributed by atoms with Crippen LogP contribution in [0.15, 0.2) is 18.2 Å².